The van der Waals surface area contributed by atoms with Crippen molar-refractivity contribution in [2.75, 3.05) is 0 Å². The van der Waals surface area contributed by atoms with Crippen LogP contribution in [0.4, 0.5) is 0 Å². The summed E-state index contributed by atoms with van der Waals surface area (Å²) in [5.74, 6) is -0.290. The minimum absolute atomic E-state index is 0.0107. The lowest BCUT2D eigenvalue weighted by atomic mass is 9.83. The van der Waals surface area contributed by atoms with E-state index >= 15 is 0 Å². The molecule has 0 aliphatic rings. The van der Waals surface area contributed by atoms with Gasteiger partial charge in [-0.15, -0.1) is 0 Å². The lowest BCUT2D eigenvalue weighted by Gasteiger charge is -2.20. The highest BCUT2D eigenvalue weighted by molar-refractivity contribution is 6.31. The summed E-state index contributed by atoms with van der Waals surface area (Å²) in [5, 5.41) is 19.6. The van der Waals surface area contributed by atoms with Crippen molar-refractivity contribution in [1.29, 1.82) is 10.5 Å². The van der Waals surface area contributed by atoms with E-state index in [1.54, 1.807) is 18.2 Å². The quantitative estimate of drug-likeness (QED) is 0.326. The molecule has 0 bridgehead atoms. The maximum absolute atomic E-state index is 13.0. The molecule has 3 aromatic rings. The average Bonchev–Trinajstić information content (AvgIpc) is 2.80. The van der Waals surface area contributed by atoms with Crippen LogP contribution in [0.15, 0.2) is 90.5 Å². The molecule has 0 N–H and O–H groups in total. The fourth-order valence-electron chi connectivity index (χ4n) is 3.47. The Labute approximate surface area is 181 Å². The summed E-state index contributed by atoms with van der Waals surface area (Å²) in [4.78, 5) is 13.0. The highest BCUT2D eigenvalue weighted by Gasteiger charge is 2.23. The zero-order chi connectivity index (χ0) is 21.3. The van der Waals surface area contributed by atoms with Gasteiger partial charge in [-0.05, 0) is 35.1 Å². The van der Waals surface area contributed by atoms with Crippen molar-refractivity contribution < 1.29 is 4.79 Å². The molecule has 146 valence electrons. The minimum atomic E-state index is -0.279. The van der Waals surface area contributed by atoms with Crippen LogP contribution in [0.3, 0.4) is 0 Å². The Balaban J connectivity index is 2.04. The summed E-state index contributed by atoms with van der Waals surface area (Å²) >= 11 is 6.47. The van der Waals surface area contributed by atoms with Crippen molar-refractivity contribution in [3.63, 3.8) is 0 Å². The number of hydrogen-bond donors (Lipinski definition) is 0. The fraction of sp³-hybridized carbons (Fsp3) is 0.115. The van der Waals surface area contributed by atoms with Crippen molar-refractivity contribution in [1.82, 2.24) is 0 Å². The first-order chi connectivity index (χ1) is 14.6. The number of carbonyl (C=O) groups excluding carboxylic acids is 1. The first-order valence-corrected chi connectivity index (χ1v) is 9.93. The van der Waals surface area contributed by atoms with Crippen molar-refractivity contribution in [2.24, 2.45) is 0 Å². The molecule has 30 heavy (non-hydrogen) atoms. The van der Waals surface area contributed by atoms with Gasteiger partial charge in [-0.2, -0.15) is 10.5 Å². The second-order valence-corrected chi connectivity index (χ2v) is 7.27. The monoisotopic (exact) mass is 410 g/mol. The third kappa shape index (κ3) is 5.03. The number of nitrogens with zero attached hydrogens (tertiary/aromatic N) is 2. The fourth-order valence-corrected chi connectivity index (χ4v) is 3.76. The van der Waals surface area contributed by atoms with E-state index in [0.29, 0.717) is 22.6 Å². The molecule has 0 aliphatic heterocycles. The zero-order valence-corrected chi connectivity index (χ0v) is 17.0. The maximum Gasteiger partial charge on any atom is 0.163 e. The number of halogens is 1. The molecule has 0 saturated carbocycles. The van der Waals surface area contributed by atoms with Crippen LogP contribution in [0.2, 0.25) is 5.02 Å². The normalized spacial score (nSPS) is 11.0. The van der Waals surface area contributed by atoms with Crippen molar-refractivity contribution in [3.05, 3.63) is 112 Å². The molecule has 0 radical (unpaired) electrons. The Morgan fingerprint density at radius 1 is 0.767 bits per heavy atom. The summed E-state index contributed by atoms with van der Waals surface area (Å²) < 4.78 is 0. The van der Waals surface area contributed by atoms with Crippen molar-refractivity contribution >= 4 is 23.0 Å². The number of ketones is 1. The summed E-state index contributed by atoms with van der Waals surface area (Å²) in [6.45, 7) is 0. The number of Topliss-reactive ketones (excluding diaryl/α,β-unsaturated/α-hetero) is 1. The van der Waals surface area contributed by atoms with Gasteiger partial charge in [0, 0.05) is 17.0 Å². The third-order valence-electron chi connectivity index (χ3n) is 4.97. The Morgan fingerprint density at radius 2 is 1.30 bits per heavy atom. The maximum atomic E-state index is 13.0. The van der Waals surface area contributed by atoms with Crippen LogP contribution in [0.25, 0.3) is 5.57 Å². The minimum Gasteiger partial charge on any atom is -0.294 e. The summed E-state index contributed by atoms with van der Waals surface area (Å²) in [5.41, 5.74) is 2.91. The molecule has 0 saturated heterocycles. The molecule has 3 nitrogen and oxygen atoms in total. The second kappa shape index (κ2) is 10.2. The third-order valence-corrected chi connectivity index (χ3v) is 5.31. The molecule has 3 aromatic carbocycles. The van der Waals surface area contributed by atoms with E-state index in [1.165, 1.54) is 0 Å². The summed E-state index contributed by atoms with van der Waals surface area (Å²) in [6, 6.07) is 29.9. The van der Waals surface area contributed by atoms with Crippen LogP contribution in [0.5, 0.6) is 0 Å². The van der Waals surface area contributed by atoms with Crippen LogP contribution in [0.1, 0.15) is 40.2 Å². The highest BCUT2D eigenvalue weighted by Crippen LogP contribution is 2.37. The second-order valence-electron chi connectivity index (χ2n) is 6.86. The molecular weight excluding hydrogens is 392 g/mol. The molecule has 1 atom stereocenters. The topological polar surface area (TPSA) is 64.7 Å². The molecular formula is C26H19ClN2O. The molecule has 3 rings (SSSR count). The van der Waals surface area contributed by atoms with Gasteiger partial charge in [0.05, 0.1) is 0 Å². The Bertz CT molecular complexity index is 1120. The van der Waals surface area contributed by atoms with Gasteiger partial charge in [0.15, 0.2) is 5.78 Å². The van der Waals surface area contributed by atoms with Gasteiger partial charge < -0.3 is 0 Å². The van der Waals surface area contributed by atoms with E-state index in [9.17, 15) is 15.3 Å². The van der Waals surface area contributed by atoms with Gasteiger partial charge in [0.2, 0.25) is 0 Å². The molecule has 4 heteroatoms. The highest BCUT2D eigenvalue weighted by atomic mass is 35.5. The first-order valence-electron chi connectivity index (χ1n) is 9.55. The van der Waals surface area contributed by atoms with Crippen LogP contribution < -0.4 is 0 Å². The van der Waals surface area contributed by atoms with Crippen LogP contribution in [0, 0.1) is 22.7 Å². The number of carbonyl (C=O) groups is 1. The lowest BCUT2D eigenvalue weighted by molar-refractivity contribution is 0.0974. The lowest BCUT2D eigenvalue weighted by Crippen LogP contribution is -2.10. The van der Waals surface area contributed by atoms with Crippen LogP contribution in [-0.2, 0) is 0 Å². The predicted octanol–water partition coefficient (Wildman–Crippen LogP) is 6.59. The van der Waals surface area contributed by atoms with Gasteiger partial charge in [-0.1, -0.05) is 90.5 Å². The predicted molar refractivity (Wildman–Crippen MR) is 119 cm³/mol. The standard InChI is InChI=1S/C26H19ClN2O/c27-25-14-8-7-13-23(25)21(16-26(30)20-11-5-2-6-12-20)15-24(22(17-28)18-29)19-9-3-1-4-10-19/h1-14,21H,15-16H2/t21-/m0/s1. The molecule has 0 fully saturated rings. The molecule has 0 aliphatic carbocycles. The molecule has 0 heterocycles. The van der Waals surface area contributed by atoms with Gasteiger partial charge in [-0.25, -0.2) is 0 Å². The van der Waals surface area contributed by atoms with Crippen LogP contribution in [-0.4, -0.2) is 5.78 Å². The van der Waals surface area contributed by atoms with Gasteiger partial charge in [0.1, 0.15) is 17.7 Å². The Kier molecular flexibility index (Phi) is 7.17. The number of rotatable bonds is 7. The molecule has 0 amide bonds. The van der Waals surface area contributed by atoms with Crippen LogP contribution >= 0.6 is 11.6 Å². The Morgan fingerprint density at radius 3 is 1.87 bits per heavy atom. The summed E-state index contributed by atoms with van der Waals surface area (Å²) in [7, 11) is 0. The van der Waals surface area contributed by atoms with Crippen molar-refractivity contribution in [2.45, 2.75) is 18.8 Å². The molecule has 0 unspecified atom stereocenters. The molecule has 0 spiro atoms. The van der Waals surface area contributed by atoms with E-state index in [4.69, 9.17) is 11.6 Å². The Hall–Kier alpha value is -3.66. The SMILES string of the molecule is N#CC(C#N)=C(C[C@@H](CC(=O)c1ccccc1)c1ccccc1Cl)c1ccccc1. The van der Waals surface area contributed by atoms with Crippen molar-refractivity contribution in [3.8, 4) is 12.1 Å². The number of benzene rings is 3. The number of hydrogen-bond acceptors (Lipinski definition) is 3. The number of nitriles is 2. The van der Waals surface area contributed by atoms with E-state index < -0.39 is 0 Å². The average molecular weight is 411 g/mol. The smallest absolute Gasteiger partial charge is 0.163 e. The largest absolute Gasteiger partial charge is 0.294 e. The van der Waals surface area contributed by atoms with Gasteiger partial charge in [0.25, 0.3) is 0 Å². The van der Waals surface area contributed by atoms with Gasteiger partial charge >= 0.3 is 0 Å². The van der Waals surface area contributed by atoms with E-state index in [0.717, 1.165) is 11.1 Å². The van der Waals surface area contributed by atoms with E-state index in [1.807, 2.05) is 78.9 Å². The first kappa shape index (κ1) is 21.1. The van der Waals surface area contributed by atoms with E-state index in [2.05, 4.69) is 0 Å². The zero-order valence-electron chi connectivity index (χ0n) is 16.3. The number of allylic oxidation sites excluding steroid dienone is 2. The molecule has 0 aromatic heterocycles. The van der Waals surface area contributed by atoms with Gasteiger partial charge in [-0.3, -0.25) is 4.79 Å². The summed E-state index contributed by atoms with van der Waals surface area (Å²) in [6.07, 6.45) is 0.566. The van der Waals surface area contributed by atoms with E-state index in [-0.39, 0.29) is 23.7 Å².